The highest BCUT2D eigenvalue weighted by atomic mass is 32.1. The van der Waals surface area contributed by atoms with Crippen LogP contribution in [0.1, 0.15) is 43.0 Å². The summed E-state index contributed by atoms with van der Waals surface area (Å²) >= 11 is 1.65. The van der Waals surface area contributed by atoms with E-state index < -0.39 is 5.60 Å². The zero-order valence-corrected chi connectivity index (χ0v) is 10.9. The second kappa shape index (κ2) is 4.13. The van der Waals surface area contributed by atoms with Crippen LogP contribution in [0.15, 0.2) is 11.4 Å². The highest BCUT2D eigenvalue weighted by Gasteiger charge is 2.49. The van der Waals surface area contributed by atoms with Gasteiger partial charge in [-0.2, -0.15) is 0 Å². The molecule has 2 rings (SSSR count). The molecule has 0 radical (unpaired) electrons. The lowest BCUT2D eigenvalue weighted by Crippen LogP contribution is -2.46. The molecule has 3 heteroatoms. The number of aliphatic hydroxyl groups is 1. The molecule has 1 heterocycles. The molecule has 0 aromatic carbocycles. The number of rotatable bonds is 3. The van der Waals surface area contributed by atoms with E-state index in [2.05, 4.69) is 18.4 Å². The fraction of sp³-hybridized carbons (Fsp3) is 0.692. The molecular formula is C13H21NOS. The first-order chi connectivity index (χ1) is 7.53. The summed E-state index contributed by atoms with van der Waals surface area (Å²) in [7, 11) is 0. The van der Waals surface area contributed by atoms with Gasteiger partial charge in [0.1, 0.15) is 5.60 Å². The summed E-state index contributed by atoms with van der Waals surface area (Å²) in [5, 5.41) is 13.0. The van der Waals surface area contributed by atoms with Gasteiger partial charge in [-0.1, -0.05) is 12.8 Å². The molecule has 1 unspecified atom stereocenters. The van der Waals surface area contributed by atoms with Crippen LogP contribution >= 0.6 is 11.3 Å². The molecule has 1 aromatic heterocycles. The lowest BCUT2D eigenvalue weighted by molar-refractivity contribution is -0.0668. The van der Waals surface area contributed by atoms with E-state index >= 15 is 0 Å². The second-order valence-electron chi connectivity index (χ2n) is 5.20. The van der Waals surface area contributed by atoms with Crippen molar-refractivity contribution >= 4 is 11.3 Å². The first kappa shape index (κ1) is 12.1. The molecule has 2 nitrogen and oxygen atoms in total. The van der Waals surface area contributed by atoms with Crippen LogP contribution in [0.2, 0.25) is 0 Å². The Kier molecular flexibility index (Phi) is 3.12. The van der Waals surface area contributed by atoms with Crippen LogP contribution in [0.4, 0.5) is 0 Å². The van der Waals surface area contributed by atoms with E-state index in [4.69, 9.17) is 5.73 Å². The number of thiophene rings is 1. The molecule has 0 saturated heterocycles. The van der Waals surface area contributed by atoms with Crippen LogP contribution in [-0.4, -0.2) is 11.7 Å². The van der Waals surface area contributed by atoms with E-state index in [0.29, 0.717) is 6.54 Å². The Labute approximate surface area is 101 Å². The Morgan fingerprint density at radius 1 is 1.50 bits per heavy atom. The van der Waals surface area contributed by atoms with Gasteiger partial charge in [0.25, 0.3) is 0 Å². The molecule has 90 valence electrons. The maximum Gasteiger partial charge on any atom is 0.103 e. The molecule has 1 aromatic rings. The van der Waals surface area contributed by atoms with Crippen LogP contribution in [-0.2, 0) is 5.60 Å². The average molecular weight is 239 g/mol. The van der Waals surface area contributed by atoms with Crippen LogP contribution < -0.4 is 5.73 Å². The highest BCUT2D eigenvalue weighted by molar-refractivity contribution is 7.10. The molecule has 0 spiro atoms. The van der Waals surface area contributed by atoms with Crippen molar-refractivity contribution in [2.75, 3.05) is 6.54 Å². The lowest BCUT2D eigenvalue weighted by Gasteiger charge is -2.42. The highest BCUT2D eigenvalue weighted by Crippen LogP contribution is 2.52. The van der Waals surface area contributed by atoms with Gasteiger partial charge in [-0.25, -0.2) is 0 Å². The van der Waals surface area contributed by atoms with Gasteiger partial charge in [0, 0.05) is 16.8 Å². The van der Waals surface area contributed by atoms with Crippen molar-refractivity contribution in [2.45, 2.75) is 45.1 Å². The van der Waals surface area contributed by atoms with E-state index in [0.717, 1.165) is 17.7 Å². The minimum absolute atomic E-state index is 0.109. The summed E-state index contributed by atoms with van der Waals surface area (Å²) in [6.07, 6.45) is 4.48. The summed E-state index contributed by atoms with van der Waals surface area (Å²) in [5.41, 5.74) is 6.27. The van der Waals surface area contributed by atoms with Crippen molar-refractivity contribution in [3.8, 4) is 0 Å². The van der Waals surface area contributed by atoms with Crippen LogP contribution in [0.3, 0.4) is 0 Å². The maximum atomic E-state index is 10.9. The van der Waals surface area contributed by atoms with Crippen molar-refractivity contribution in [2.24, 2.45) is 11.1 Å². The smallest absolute Gasteiger partial charge is 0.103 e. The van der Waals surface area contributed by atoms with Gasteiger partial charge in [0.05, 0.1) is 0 Å². The standard InChI is InChI=1S/C13H21NOS/c1-10-5-8-16-11(10)12(2,15)13(9-14)6-3-4-7-13/h5,8,15H,3-4,6-7,9,14H2,1-2H3. The van der Waals surface area contributed by atoms with Gasteiger partial charge < -0.3 is 10.8 Å². The number of aryl methyl sites for hydroxylation is 1. The van der Waals surface area contributed by atoms with Crippen molar-refractivity contribution < 1.29 is 5.11 Å². The third kappa shape index (κ3) is 1.62. The third-order valence-corrected chi connectivity index (χ3v) is 5.52. The maximum absolute atomic E-state index is 10.9. The SMILES string of the molecule is Cc1ccsc1C(C)(O)C1(CN)CCCC1. The van der Waals surface area contributed by atoms with Crippen molar-refractivity contribution in [3.05, 3.63) is 21.9 Å². The molecule has 3 N–H and O–H groups in total. The Morgan fingerprint density at radius 3 is 2.56 bits per heavy atom. The molecule has 1 saturated carbocycles. The summed E-state index contributed by atoms with van der Waals surface area (Å²) < 4.78 is 0. The topological polar surface area (TPSA) is 46.2 Å². The largest absolute Gasteiger partial charge is 0.384 e. The number of hydrogen-bond donors (Lipinski definition) is 2. The Balaban J connectivity index is 2.40. The number of hydrogen-bond acceptors (Lipinski definition) is 3. The minimum Gasteiger partial charge on any atom is -0.384 e. The Hall–Kier alpha value is -0.380. The van der Waals surface area contributed by atoms with E-state index in [9.17, 15) is 5.11 Å². The summed E-state index contributed by atoms with van der Waals surface area (Å²) in [4.78, 5) is 1.10. The monoisotopic (exact) mass is 239 g/mol. The van der Waals surface area contributed by atoms with Gasteiger partial charge >= 0.3 is 0 Å². The fourth-order valence-electron chi connectivity index (χ4n) is 3.05. The molecule has 16 heavy (non-hydrogen) atoms. The van der Waals surface area contributed by atoms with Gasteiger partial charge in [0.2, 0.25) is 0 Å². The molecule has 0 aliphatic heterocycles. The average Bonchev–Trinajstić information content (AvgIpc) is 2.86. The second-order valence-corrected chi connectivity index (χ2v) is 6.11. The quantitative estimate of drug-likeness (QED) is 0.852. The van der Waals surface area contributed by atoms with E-state index in [1.165, 1.54) is 18.4 Å². The zero-order valence-electron chi connectivity index (χ0n) is 10.1. The first-order valence-corrected chi connectivity index (χ1v) is 6.88. The third-order valence-electron chi connectivity index (χ3n) is 4.29. The molecule has 0 amide bonds. The van der Waals surface area contributed by atoms with E-state index in [1.807, 2.05) is 6.92 Å². The van der Waals surface area contributed by atoms with Gasteiger partial charge in [-0.3, -0.25) is 0 Å². The van der Waals surface area contributed by atoms with E-state index in [1.54, 1.807) is 11.3 Å². The minimum atomic E-state index is -0.767. The summed E-state index contributed by atoms with van der Waals surface area (Å²) in [6, 6.07) is 2.08. The molecular weight excluding hydrogens is 218 g/mol. The van der Waals surface area contributed by atoms with Gasteiger partial charge in [0.15, 0.2) is 0 Å². The van der Waals surface area contributed by atoms with E-state index in [-0.39, 0.29) is 5.41 Å². The molecule has 1 aliphatic carbocycles. The van der Waals surface area contributed by atoms with Crippen molar-refractivity contribution in [1.29, 1.82) is 0 Å². The molecule has 1 fully saturated rings. The summed E-state index contributed by atoms with van der Waals surface area (Å²) in [6.45, 7) is 4.60. The van der Waals surface area contributed by atoms with Gasteiger partial charge in [-0.15, -0.1) is 11.3 Å². The predicted molar refractivity (Wildman–Crippen MR) is 68.6 cm³/mol. The van der Waals surface area contributed by atoms with Crippen LogP contribution in [0, 0.1) is 12.3 Å². The van der Waals surface area contributed by atoms with Crippen LogP contribution in [0.25, 0.3) is 0 Å². The van der Waals surface area contributed by atoms with Crippen molar-refractivity contribution in [3.63, 3.8) is 0 Å². The zero-order chi connectivity index (χ0) is 11.8. The molecule has 0 bridgehead atoms. The van der Waals surface area contributed by atoms with Crippen molar-refractivity contribution in [1.82, 2.24) is 0 Å². The first-order valence-electron chi connectivity index (χ1n) is 6.00. The van der Waals surface area contributed by atoms with Gasteiger partial charge in [-0.05, 0) is 43.7 Å². The Morgan fingerprint density at radius 2 is 2.12 bits per heavy atom. The van der Waals surface area contributed by atoms with Crippen LogP contribution in [0.5, 0.6) is 0 Å². The summed E-state index contributed by atoms with van der Waals surface area (Å²) in [5.74, 6) is 0. The fourth-order valence-corrected chi connectivity index (χ4v) is 4.16. The normalized spacial score (nSPS) is 23.2. The lowest BCUT2D eigenvalue weighted by atomic mass is 9.70. The predicted octanol–water partition coefficient (Wildman–Crippen LogP) is 2.78. The Bertz CT molecular complexity index is 364. The molecule has 1 atom stereocenters. The number of nitrogens with two attached hydrogens (primary N) is 1. The molecule has 1 aliphatic rings.